The molecule has 0 saturated heterocycles. The maximum absolute atomic E-state index is 13.7. The molecule has 1 saturated carbocycles. The van der Waals surface area contributed by atoms with Crippen molar-refractivity contribution in [2.45, 2.75) is 104 Å². The number of aromatic nitrogens is 1. The van der Waals surface area contributed by atoms with Crippen molar-refractivity contribution in [3.05, 3.63) is 64.4 Å². The zero-order valence-corrected chi connectivity index (χ0v) is 26.5. The number of carbonyl (C=O) groups is 2. The maximum Gasteiger partial charge on any atom is 0.410 e. The van der Waals surface area contributed by atoms with E-state index in [4.69, 9.17) is 9.47 Å². The molecule has 228 valence electrons. The fourth-order valence-electron chi connectivity index (χ4n) is 6.28. The molecule has 42 heavy (non-hydrogen) atoms. The number of hydrogen-bond donors (Lipinski definition) is 1. The summed E-state index contributed by atoms with van der Waals surface area (Å²) >= 11 is 0. The fourth-order valence-corrected chi connectivity index (χ4v) is 6.28. The number of fused-ring (bicyclic) bond motifs is 2. The number of methoxy groups -OCH3 is 1. The van der Waals surface area contributed by atoms with Crippen molar-refractivity contribution in [3.63, 3.8) is 0 Å². The minimum absolute atomic E-state index is 0.0897. The standard InChI is InChI=1S/C34H48N4O4/c1-8-38(26-19-17-25(18-20-26)37(6)33(40)42-34(3,4)5)30-16-12-15-28-27(30)14-11-9-10-13-24-21-23(2)36-32(41-7)29(24)22-35-31(28)39/h9,11-12,15-16,21,25-26H,8,10,13-14,17-20,22H2,1-7H3,(H,35,39)/b11-9+. The Labute approximate surface area is 251 Å². The van der Waals surface area contributed by atoms with Crippen LogP contribution in [0.4, 0.5) is 10.5 Å². The number of rotatable bonds is 5. The Morgan fingerprint density at radius 3 is 2.48 bits per heavy atom. The number of nitrogens with zero attached hydrogens (tertiary/aromatic N) is 3. The molecular formula is C34H48N4O4. The minimum atomic E-state index is -0.506. The van der Waals surface area contributed by atoms with Gasteiger partial charge in [0, 0.05) is 54.7 Å². The van der Waals surface area contributed by atoms with Crippen LogP contribution in [0.3, 0.4) is 0 Å². The van der Waals surface area contributed by atoms with E-state index in [0.717, 1.165) is 73.1 Å². The summed E-state index contributed by atoms with van der Waals surface area (Å²) in [6.45, 7) is 11.1. The number of ether oxygens (including phenoxy) is 2. The van der Waals surface area contributed by atoms with Crippen molar-refractivity contribution >= 4 is 17.7 Å². The van der Waals surface area contributed by atoms with Gasteiger partial charge in [0.15, 0.2) is 0 Å². The van der Waals surface area contributed by atoms with Crippen molar-refractivity contribution in [3.8, 4) is 5.88 Å². The first-order chi connectivity index (χ1) is 20.0. The van der Waals surface area contributed by atoms with Crippen LogP contribution in [0.15, 0.2) is 36.4 Å². The second kappa shape index (κ2) is 13.6. The first kappa shape index (κ1) is 31.4. The Morgan fingerprint density at radius 2 is 1.81 bits per heavy atom. The molecule has 1 N–H and O–H groups in total. The van der Waals surface area contributed by atoms with Gasteiger partial charge in [0.25, 0.3) is 5.91 Å². The van der Waals surface area contributed by atoms with Crippen molar-refractivity contribution in [2.24, 2.45) is 0 Å². The molecule has 0 radical (unpaired) electrons. The van der Waals surface area contributed by atoms with Crippen LogP contribution in [0.25, 0.3) is 0 Å². The zero-order valence-electron chi connectivity index (χ0n) is 26.5. The number of aryl methyl sites for hydroxylation is 2. The molecule has 2 amide bonds. The Kier molecular flexibility index (Phi) is 10.2. The van der Waals surface area contributed by atoms with E-state index in [9.17, 15) is 9.59 Å². The van der Waals surface area contributed by atoms with Gasteiger partial charge in [0.1, 0.15) is 5.60 Å². The van der Waals surface area contributed by atoms with E-state index < -0.39 is 5.60 Å². The number of carbonyl (C=O) groups excluding carboxylic acids is 2. The highest BCUT2D eigenvalue weighted by Gasteiger charge is 2.32. The Morgan fingerprint density at radius 1 is 1.10 bits per heavy atom. The molecule has 1 aromatic heterocycles. The summed E-state index contributed by atoms with van der Waals surface area (Å²) in [5.74, 6) is 0.485. The van der Waals surface area contributed by atoms with Crippen LogP contribution in [-0.2, 0) is 24.1 Å². The third-order valence-electron chi connectivity index (χ3n) is 8.38. The summed E-state index contributed by atoms with van der Waals surface area (Å²) in [6.07, 6.45) is 10.4. The van der Waals surface area contributed by atoms with Gasteiger partial charge in [-0.05, 0) is 109 Å². The molecule has 2 heterocycles. The predicted octanol–water partition coefficient (Wildman–Crippen LogP) is 6.38. The van der Waals surface area contributed by atoms with Gasteiger partial charge >= 0.3 is 6.09 Å². The van der Waals surface area contributed by atoms with Gasteiger partial charge < -0.3 is 24.6 Å². The van der Waals surface area contributed by atoms with E-state index in [1.807, 2.05) is 46.9 Å². The lowest BCUT2D eigenvalue weighted by molar-refractivity contribution is 0.0183. The molecule has 1 aromatic carbocycles. The molecule has 8 heteroatoms. The van der Waals surface area contributed by atoms with E-state index >= 15 is 0 Å². The van der Waals surface area contributed by atoms with Gasteiger partial charge in [0.05, 0.1) is 7.11 Å². The van der Waals surface area contributed by atoms with Crippen LogP contribution in [0.1, 0.15) is 92.5 Å². The molecule has 0 unspecified atom stereocenters. The van der Waals surface area contributed by atoms with E-state index in [0.29, 0.717) is 30.5 Å². The SMILES string of the molecule is CCN(c1cccc2c1C/C=C/CCc1cc(C)nc(OC)c1CNC2=O)C1CCC(N(C)C(=O)OC(C)(C)C)CC1. The van der Waals surface area contributed by atoms with Crippen LogP contribution in [0.5, 0.6) is 5.88 Å². The molecular weight excluding hydrogens is 528 g/mol. The predicted molar refractivity (Wildman–Crippen MR) is 167 cm³/mol. The van der Waals surface area contributed by atoms with Crippen LogP contribution in [0.2, 0.25) is 0 Å². The lowest BCUT2D eigenvalue weighted by Crippen LogP contribution is -2.46. The maximum atomic E-state index is 13.7. The van der Waals surface area contributed by atoms with Gasteiger partial charge in [-0.3, -0.25) is 4.79 Å². The molecule has 1 aliphatic carbocycles. The summed E-state index contributed by atoms with van der Waals surface area (Å²) in [6, 6.07) is 8.67. The molecule has 0 atom stereocenters. The van der Waals surface area contributed by atoms with E-state index in [-0.39, 0.29) is 18.0 Å². The Bertz CT molecular complexity index is 1290. The van der Waals surface area contributed by atoms with Crippen molar-refractivity contribution in [2.75, 3.05) is 25.6 Å². The minimum Gasteiger partial charge on any atom is -0.481 e. The number of allylic oxidation sites excluding steroid dienone is 2. The Balaban J connectivity index is 1.55. The van der Waals surface area contributed by atoms with Crippen molar-refractivity contribution in [1.82, 2.24) is 15.2 Å². The summed E-state index contributed by atoms with van der Waals surface area (Å²) in [5, 5.41) is 3.16. The van der Waals surface area contributed by atoms with E-state index in [1.54, 1.807) is 12.0 Å². The second-order valence-electron chi connectivity index (χ2n) is 12.5. The number of amides is 2. The molecule has 1 aliphatic heterocycles. The van der Waals surface area contributed by atoms with Crippen LogP contribution in [0, 0.1) is 6.92 Å². The van der Waals surface area contributed by atoms with Gasteiger partial charge in [-0.1, -0.05) is 18.2 Å². The molecule has 1 fully saturated rings. The third-order valence-corrected chi connectivity index (χ3v) is 8.38. The third kappa shape index (κ3) is 7.44. The van der Waals surface area contributed by atoms with Gasteiger partial charge in [-0.15, -0.1) is 0 Å². The number of pyridine rings is 1. The molecule has 2 aromatic rings. The monoisotopic (exact) mass is 576 g/mol. The average molecular weight is 577 g/mol. The molecule has 0 spiro atoms. The van der Waals surface area contributed by atoms with Crippen LogP contribution in [-0.4, -0.2) is 60.3 Å². The highest BCUT2D eigenvalue weighted by Crippen LogP contribution is 2.34. The first-order valence-corrected chi connectivity index (χ1v) is 15.3. The number of benzene rings is 1. The molecule has 4 rings (SSSR count). The quantitative estimate of drug-likeness (QED) is 0.416. The van der Waals surface area contributed by atoms with Crippen LogP contribution < -0.4 is 15.0 Å². The topological polar surface area (TPSA) is 84.0 Å². The van der Waals surface area contributed by atoms with Gasteiger partial charge in [-0.2, -0.15) is 0 Å². The fraction of sp³-hybridized carbons (Fsp3) is 0.559. The van der Waals surface area contributed by atoms with Gasteiger partial charge in [-0.25, -0.2) is 9.78 Å². The molecule has 2 aliphatic rings. The number of anilines is 1. The lowest BCUT2D eigenvalue weighted by Gasteiger charge is -2.41. The molecule has 8 nitrogen and oxygen atoms in total. The Hall–Kier alpha value is -3.55. The lowest BCUT2D eigenvalue weighted by atomic mass is 9.88. The number of hydrogen-bond acceptors (Lipinski definition) is 6. The van der Waals surface area contributed by atoms with E-state index in [2.05, 4.69) is 46.4 Å². The average Bonchev–Trinajstić information content (AvgIpc) is 2.95. The van der Waals surface area contributed by atoms with Crippen molar-refractivity contribution in [1.29, 1.82) is 0 Å². The highest BCUT2D eigenvalue weighted by molar-refractivity contribution is 5.97. The smallest absolute Gasteiger partial charge is 0.410 e. The summed E-state index contributed by atoms with van der Waals surface area (Å²) in [7, 11) is 3.48. The summed E-state index contributed by atoms with van der Waals surface area (Å²) < 4.78 is 11.2. The van der Waals surface area contributed by atoms with Gasteiger partial charge in [0.2, 0.25) is 5.88 Å². The highest BCUT2D eigenvalue weighted by atomic mass is 16.6. The normalized spacial score (nSPS) is 20.1. The van der Waals surface area contributed by atoms with Crippen LogP contribution >= 0.6 is 0 Å². The summed E-state index contributed by atoms with van der Waals surface area (Å²) in [4.78, 5) is 35.1. The second-order valence-corrected chi connectivity index (χ2v) is 12.5. The largest absolute Gasteiger partial charge is 0.481 e. The zero-order chi connectivity index (χ0) is 30.4. The molecule has 0 bridgehead atoms. The summed E-state index contributed by atoms with van der Waals surface area (Å²) in [5.41, 5.74) is 5.37. The number of nitrogens with one attached hydrogen (secondary N) is 1. The first-order valence-electron chi connectivity index (χ1n) is 15.3. The van der Waals surface area contributed by atoms with Crippen molar-refractivity contribution < 1.29 is 19.1 Å². The van der Waals surface area contributed by atoms with E-state index in [1.165, 1.54) is 0 Å².